The molecule has 0 spiro atoms. The van der Waals surface area contributed by atoms with Crippen LogP contribution < -0.4 is 4.74 Å². The van der Waals surface area contributed by atoms with Gasteiger partial charge < -0.3 is 4.74 Å². The molecule has 1 aromatic heterocycles. The van der Waals surface area contributed by atoms with Crippen molar-refractivity contribution in [2.45, 2.75) is 0 Å². The number of benzene rings is 1. The Bertz CT molecular complexity index is 621. The van der Waals surface area contributed by atoms with E-state index in [4.69, 9.17) is 4.74 Å². The summed E-state index contributed by atoms with van der Waals surface area (Å²) in [5.74, 6) is -5.08. The maximum atomic E-state index is 13.1. The fourth-order valence-electron chi connectivity index (χ4n) is 1.55. The molecule has 0 amide bonds. The first-order valence-corrected chi connectivity index (χ1v) is 5.23. The number of ketones is 1. The first-order valence-electron chi connectivity index (χ1n) is 5.23. The van der Waals surface area contributed by atoms with Crippen molar-refractivity contribution < 1.29 is 22.7 Å². The lowest BCUT2D eigenvalue weighted by molar-refractivity contribution is 0.103. The van der Waals surface area contributed by atoms with E-state index in [1.807, 2.05) is 0 Å². The maximum absolute atomic E-state index is 13.1. The Morgan fingerprint density at radius 1 is 1.21 bits per heavy atom. The zero-order valence-corrected chi connectivity index (χ0v) is 9.78. The highest BCUT2D eigenvalue weighted by atomic mass is 19.2. The van der Waals surface area contributed by atoms with Crippen molar-refractivity contribution in [3.63, 3.8) is 0 Å². The quantitative estimate of drug-likeness (QED) is 0.634. The standard InChI is InChI=1S/C13H8F3NO2/c1-19-10-3-2-4-17-12(10)13(18)7-5-8(14)11(16)9(15)6-7/h2-6H,1H3. The van der Waals surface area contributed by atoms with Gasteiger partial charge in [0, 0.05) is 11.8 Å². The number of methoxy groups -OCH3 is 1. The number of aromatic nitrogens is 1. The second kappa shape index (κ2) is 5.09. The molecule has 2 aromatic rings. The number of hydrogen-bond acceptors (Lipinski definition) is 3. The van der Waals surface area contributed by atoms with E-state index < -0.39 is 23.2 Å². The maximum Gasteiger partial charge on any atom is 0.215 e. The Labute approximate surface area is 106 Å². The van der Waals surface area contributed by atoms with Gasteiger partial charge in [0.2, 0.25) is 5.78 Å². The molecule has 98 valence electrons. The summed E-state index contributed by atoms with van der Waals surface area (Å²) in [4.78, 5) is 15.8. The average Bonchev–Trinajstić information content (AvgIpc) is 2.43. The van der Waals surface area contributed by atoms with Crippen LogP contribution in [-0.2, 0) is 0 Å². The summed E-state index contributed by atoms with van der Waals surface area (Å²) in [6.07, 6.45) is 1.34. The minimum absolute atomic E-state index is 0.101. The number of halogens is 3. The van der Waals surface area contributed by atoms with E-state index in [0.29, 0.717) is 12.1 Å². The van der Waals surface area contributed by atoms with E-state index in [2.05, 4.69) is 4.98 Å². The highest BCUT2D eigenvalue weighted by Crippen LogP contribution is 2.21. The van der Waals surface area contributed by atoms with Crippen LogP contribution in [0.25, 0.3) is 0 Å². The van der Waals surface area contributed by atoms with E-state index in [0.717, 1.165) is 0 Å². The highest BCUT2D eigenvalue weighted by Gasteiger charge is 2.19. The molecule has 19 heavy (non-hydrogen) atoms. The lowest BCUT2D eigenvalue weighted by Gasteiger charge is -2.06. The van der Waals surface area contributed by atoms with Crippen molar-refractivity contribution >= 4 is 5.78 Å². The third-order valence-corrected chi connectivity index (χ3v) is 2.45. The van der Waals surface area contributed by atoms with Crippen molar-refractivity contribution in [1.29, 1.82) is 0 Å². The Balaban J connectivity index is 2.50. The first-order chi connectivity index (χ1) is 9.04. The molecule has 0 atom stereocenters. The molecule has 0 fully saturated rings. The van der Waals surface area contributed by atoms with Crippen LogP contribution in [0, 0.1) is 17.5 Å². The normalized spacial score (nSPS) is 10.3. The monoisotopic (exact) mass is 267 g/mol. The summed E-state index contributed by atoms with van der Waals surface area (Å²) >= 11 is 0. The van der Waals surface area contributed by atoms with Crippen LogP contribution in [0.1, 0.15) is 16.1 Å². The second-order valence-corrected chi connectivity index (χ2v) is 3.64. The van der Waals surface area contributed by atoms with Gasteiger partial charge in [0.15, 0.2) is 23.1 Å². The molecule has 0 N–H and O–H groups in total. The second-order valence-electron chi connectivity index (χ2n) is 3.64. The summed E-state index contributed by atoms with van der Waals surface area (Å²) in [6, 6.07) is 4.27. The van der Waals surface area contributed by atoms with Crippen molar-refractivity contribution in [2.75, 3.05) is 7.11 Å². The molecule has 0 aliphatic carbocycles. The van der Waals surface area contributed by atoms with Crippen molar-refractivity contribution in [3.05, 3.63) is 59.2 Å². The van der Waals surface area contributed by atoms with E-state index in [9.17, 15) is 18.0 Å². The topological polar surface area (TPSA) is 39.2 Å². The molecule has 0 bridgehead atoms. The highest BCUT2D eigenvalue weighted by molar-refractivity contribution is 6.09. The third kappa shape index (κ3) is 2.42. The Morgan fingerprint density at radius 3 is 2.42 bits per heavy atom. The van der Waals surface area contributed by atoms with Crippen LogP contribution in [0.5, 0.6) is 5.75 Å². The number of carbonyl (C=O) groups is 1. The minimum atomic E-state index is -1.62. The van der Waals surface area contributed by atoms with Gasteiger partial charge in [0.05, 0.1) is 7.11 Å². The number of hydrogen-bond donors (Lipinski definition) is 0. The zero-order valence-electron chi connectivity index (χ0n) is 9.78. The van der Waals surface area contributed by atoms with Crippen LogP contribution in [0.2, 0.25) is 0 Å². The largest absolute Gasteiger partial charge is 0.494 e. The summed E-state index contributed by atoms with van der Waals surface area (Å²) in [5, 5.41) is 0. The van der Waals surface area contributed by atoms with Crippen LogP contribution in [0.15, 0.2) is 30.5 Å². The fourth-order valence-corrected chi connectivity index (χ4v) is 1.55. The summed E-state index contributed by atoms with van der Waals surface area (Å²) in [7, 11) is 1.33. The lowest BCUT2D eigenvalue weighted by Crippen LogP contribution is -2.08. The van der Waals surface area contributed by atoms with Gasteiger partial charge in [0.25, 0.3) is 0 Å². The summed E-state index contributed by atoms with van der Waals surface area (Å²) in [6.45, 7) is 0. The van der Waals surface area contributed by atoms with Gasteiger partial charge >= 0.3 is 0 Å². The van der Waals surface area contributed by atoms with Crippen LogP contribution in [0.3, 0.4) is 0 Å². The van der Waals surface area contributed by atoms with Crippen LogP contribution in [0.4, 0.5) is 13.2 Å². The van der Waals surface area contributed by atoms with E-state index in [1.54, 1.807) is 6.07 Å². The predicted molar refractivity (Wildman–Crippen MR) is 60.5 cm³/mol. The zero-order chi connectivity index (χ0) is 14.0. The first kappa shape index (κ1) is 13.1. The Morgan fingerprint density at radius 2 is 1.84 bits per heavy atom. The molecule has 0 aliphatic heterocycles. The van der Waals surface area contributed by atoms with E-state index in [-0.39, 0.29) is 17.0 Å². The number of rotatable bonds is 3. The molecule has 0 aliphatic rings. The molecular weight excluding hydrogens is 259 g/mol. The van der Waals surface area contributed by atoms with Gasteiger partial charge in [-0.05, 0) is 24.3 Å². The molecule has 6 heteroatoms. The molecular formula is C13H8F3NO2. The van der Waals surface area contributed by atoms with Gasteiger partial charge in [-0.1, -0.05) is 0 Å². The summed E-state index contributed by atoms with van der Waals surface area (Å²) < 4.78 is 43.9. The van der Waals surface area contributed by atoms with Gasteiger partial charge in [-0.2, -0.15) is 0 Å². The van der Waals surface area contributed by atoms with Crippen molar-refractivity contribution in [3.8, 4) is 5.75 Å². The smallest absolute Gasteiger partial charge is 0.215 e. The van der Waals surface area contributed by atoms with Gasteiger partial charge in [0.1, 0.15) is 5.75 Å². The Hall–Kier alpha value is -2.37. The van der Waals surface area contributed by atoms with E-state index in [1.165, 1.54) is 19.4 Å². The number of pyridine rings is 1. The lowest BCUT2D eigenvalue weighted by atomic mass is 10.1. The molecule has 0 unspecified atom stereocenters. The molecule has 1 aromatic carbocycles. The van der Waals surface area contributed by atoms with Crippen molar-refractivity contribution in [1.82, 2.24) is 4.98 Å². The SMILES string of the molecule is COc1cccnc1C(=O)c1cc(F)c(F)c(F)c1. The van der Waals surface area contributed by atoms with Gasteiger partial charge in [-0.3, -0.25) is 4.79 Å². The van der Waals surface area contributed by atoms with Gasteiger partial charge in [-0.15, -0.1) is 0 Å². The van der Waals surface area contributed by atoms with E-state index >= 15 is 0 Å². The minimum Gasteiger partial charge on any atom is -0.494 e. The number of ether oxygens (including phenoxy) is 1. The predicted octanol–water partition coefficient (Wildman–Crippen LogP) is 2.74. The molecule has 0 saturated carbocycles. The number of carbonyl (C=O) groups excluding carboxylic acids is 1. The van der Waals surface area contributed by atoms with Crippen LogP contribution >= 0.6 is 0 Å². The van der Waals surface area contributed by atoms with Crippen LogP contribution in [-0.4, -0.2) is 17.9 Å². The molecule has 0 saturated heterocycles. The third-order valence-electron chi connectivity index (χ3n) is 2.45. The molecule has 2 rings (SSSR count). The fraction of sp³-hybridized carbons (Fsp3) is 0.0769. The van der Waals surface area contributed by atoms with Gasteiger partial charge in [-0.25, -0.2) is 18.2 Å². The molecule has 1 heterocycles. The molecule has 0 radical (unpaired) electrons. The Kier molecular flexibility index (Phi) is 3.50. The average molecular weight is 267 g/mol. The molecule has 3 nitrogen and oxygen atoms in total. The number of nitrogens with zero attached hydrogens (tertiary/aromatic N) is 1. The van der Waals surface area contributed by atoms with Crippen molar-refractivity contribution in [2.24, 2.45) is 0 Å². The summed E-state index contributed by atoms with van der Waals surface area (Å²) in [5.41, 5.74) is -0.441.